The summed E-state index contributed by atoms with van der Waals surface area (Å²) in [5, 5.41) is 13.6. The monoisotopic (exact) mass is 311 g/mol. The van der Waals surface area contributed by atoms with Gasteiger partial charge < -0.3 is 19.3 Å². The molecule has 0 radical (unpaired) electrons. The summed E-state index contributed by atoms with van der Waals surface area (Å²) < 4.78 is 10.6. The summed E-state index contributed by atoms with van der Waals surface area (Å²) in [6, 6.07) is 1.69. The number of carbonyl (C=O) groups excluding carboxylic acids is 1. The Hall–Kier alpha value is -1.44. The third kappa shape index (κ3) is 5.08. The maximum atomic E-state index is 12.3. The molecule has 1 saturated heterocycles. The maximum absolute atomic E-state index is 12.3. The largest absolute Gasteiger partial charge is 0.390 e. The van der Waals surface area contributed by atoms with Gasteiger partial charge >= 0.3 is 0 Å². The first kappa shape index (κ1) is 16.9. The van der Waals surface area contributed by atoms with Crippen LogP contribution in [-0.4, -0.2) is 71.5 Å². The van der Waals surface area contributed by atoms with Gasteiger partial charge in [-0.15, -0.1) is 0 Å². The topological polar surface area (TPSA) is 79.0 Å². The molecule has 2 rings (SSSR count). The van der Waals surface area contributed by atoms with Crippen LogP contribution in [0.15, 0.2) is 10.6 Å². The standard InChI is InChI=1S/C15H25N3O4/c1-15(2,20)4-5-17(3)14(19)13-10-12(22-16-13)11-18-6-8-21-9-7-18/h10,20H,4-9,11H2,1-3H3. The van der Waals surface area contributed by atoms with E-state index in [1.165, 1.54) is 0 Å². The Morgan fingerprint density at radius 3 is 2.77 bits per heavy atom. The maximum Gasteiger partial charge on any atom is 0.275 e. The molecule has 0 saturated carbocycles. The number of nitrogens with zero attached hydrogens (tertiary/aromatic N) is 3. The van der Waals surface area contributed by atoms with Gasteiger partial charge in [0, 0.05) is 32.7 Å². The van der Waals surface area contributed by atoms with Crippen LogP contribution < -0.4 is 0 Å². The predicted molar refractivity (Wildman–Crippen MR) is 80.5 cm³/mol. The fourth-order valence-corrected chi connectivity index (χ4v) is 2.21. The quantitative estimate of drug-likeness (QED) is 0.835. The van der Waals surface area contributed by atoms with E-state index in [2.05, 4.69) is 10.1 Å². The van der Waals surface area contributed by atoms with E-state index in [4.69, 9.17) is 9.26 Å². The Labute approximate surface area is 130 Å². The molecule has 1 amide bonds. The van der Waals surface area contributed by atoms with Gasteiger partial charge in [-0.05, 0) is 20.3 Å². The number of ether oxygens (including phenoxy) is 1. The van der Waals surface area contributed by atoms with Crippen LogP contribution in [0.5, 0.6) is 0 Å². The lowest BCUT2D eigenvalue weighted by Gasteiger charge is -2.25. The number of aromatic nitrogens is 1. The molecule has 7 nitrogen and oxygen atoms in total. The van der Waals surface area contributed by atoms with Crippen molar-refractivity contribution in [2.45, 2.75) is 32.4 Å². The molecule has 0 unspecified atom stereocenters. The van der Waals surface area contributed by atoms with E-state index >= 15 is 0 Å². The number of morpholine rings is 1. The van der Waals surface area contributed by atoms with Gasteiger partial charge in [0.1, 0.15) is 0 Å². The van der Waals surface area contributed by atoms with Crippen LogP contribution in [0.3, 0.4) is 0 Å². The van der Waals surface area contributed by atoms with Crippen molar-refractivity contribution >= 4 is 5.91 Å². The van der Waals surface area contributed by atoms with Crippen LogP contribution in [0.1, 0.15) is 36.5 Å². The number of hydrogen-bond acceptors (Lipinski definition) is 6. The molecule has 0 aliphatic carbocycles. The third-order valence-electron chi connectivity index (χ3n) is 3.67. The smallest absolute Gasteiger partial charge is 0.275 e. The van der Waals surface area contributed by atoms with Crippen LogP contribution in [0, 0.1) is 0 Å². The van der Waals surface area contributed by atoms with Crippen molar-refractivity contribution in [2.24, 2.45) is 0 Å². The first-order valence-corrected chi connectivity index (χ1v) is 7.59. The summed E-state index contributed by atoms with van der Waals surface area (Å²) in [7, 11) is 1.70. The van der Waals surface area contributed by atoms with E-state index in [0.29, 0.717) is 31.0 Å². The summed E-state index contributed by atoms with van der Waals surface area (Å²) in [4.78, 5) is 16.0. The van der Waals surface area contributed by atoms with E-state index in [-0.39, 0.29) is 5.91 Å². The molecular weight excluding hydrogens is 286 g/mol. The van der Waals surface area contributed by atoms with Gasteiger partial charge in [-0.3, -0.25) is 9.69 Å². The zero-order chi connectivity index (χ0) is 16.2. The Morgan fingerprint density at radius 1 is 1.45 bits per heavy atom. The lowest BCUT2D eigenvalue weighted by Crippen LogP contribution is -2.35. The van der Waals surface area contributed by atoms with Crippen LogP contribution in [0.25, 0.3) is 0 Å². The minimum atomic E-state index is -0.792. The van der Waals surface area contributed by atoms with E-state index in [9.17, 15) is 9.90 Å². The highest BCUT2D eigenvalue weighted by Gasteiger charge is 2.21. The lowest BCUT2D eigenvalue weighted by atomic mass is 10.1. The molecule has 1 aromatic heterocycles. The van der Waals surface area contributed by atoms with Crippen LogP contribution >= 0.6 is 0 Å². The summed E-state index contributed by atoms with van der Waals surface area (Å²) in [5.74, 6) is 0.488. The van der Waals surface area contributed by atoms with Gasteiger partial charge in [0.2, 0.25) is 0 Å². The fourth-order valence-electron chi connectivity index (χ4n) is 2.21. The fraction of sp³-hybridized carbons (Fsp3) is 0.733. The van der Waals surface area contributed by atoms with Gasteiger partial charge in [0.25, 0.3) is 5.91 Å². The normalized spacial score (nSPS) is 16.7. The second kappa shape index (κ2) is 7.21. The summed E-state index contributed by atoms with van der Waals surface area (Å²) >= 11 is 0. The molecule has 7 heteroatoms. The van der Waals surface area contributed by atoms with Crippen molar-refractivity contribution in [1.29, 1.82) is 0 Å². The summed E-state index contributed by atoms with van der Waals surface area (Å²) in [6.45, 7) is 7.71. The van der Waals surface area contributed by atoms with Gasteiger partial charge in [-0.1, -0.05) is 5.16 Å². The van der Waals surface area contributed by atoms with E-state index in [0.717, 1.165) is 26.3 Å². The van der Waals surface area contributed by atoms with Crippen molar-refractivity contribution in [1.82, 2.24) is 15.0 Å². The summed E-state index contributed by atoms with van der Waals surface area (Å²) in [5.41, 5.74) is -0.485. The molecule has 2 heterocycles. The second-order valence-electron chi connectivity index (χ2n) is 6.36. The first-order valence-electron chi connectivity index (χ1n) is 7.59. The van der Waals surface area contributed by atoms with Crippen molar-refractivity contribution in [2.75, 3.05) is 39.9 Å². The third-order valence-corrected chi connectivity index (χ3v) is 3.67. The predicted octanol–water partition coefficient (Wildman–Crippen LogP) is 0.740. The van der Waals surface area contributed by atoms with Crippen LogP contribution in [0.2, 0.25) is 0 Å². The number of hydrogen-bond donors (Lipinski definition) is 1. The van der Waals surface area contributed by atoms with Crippen LogP contribution in [0.4, 0.5) is 0 Å². The molecule has 124 valence electrons. The van der Waals surface area contributed by atoms with Crippen molar-refractivity contribution < 1.29 is 19.2 Å². The molecule has 1 aliphatic heterocycles. The molecule has 22 heavy (non-hydrogen) atoms. The molecule has 1 N–H and O–H groups in total. The Bertz CT molecular complexity index is 489. The number of amides is 1. The molecule has 0 aromatic carbocycles. The molecule has 0 spiro atoms. The van der Waals surface area contributed by atoms with E-state index < -0.39 is 5.60 Å². The van der Waals surface area contributed by atoms with Crippen molar-refractivity contribution in [3.8, 4) is 0 Å². The Morgan fingerprint density at radius 2 is 2.14 bits per heavy atom. The Kier molecular flexibility index (Phi) is 5.55. The van der Waals surface area contributed by atoms with Crippen molar-refractivity contribution in [3.63, 3.8) is 0 Å². The summed E-state index contributed by atoms with van der Waals surface area (Å²) in [6.07, 6.45) is 0.508. The minimum absolute atomic E-state index is 0.193. The van der Waals surface area contributed by atoms with Gasteiger partial charge in [-0.25, -0.2) is 0 Å². The highest BCUT2D eigenvalue weighted by molar-refractivity contribution is 5.92. The molecule has 0 bridgehead atoms. The SMILES string of the molecule is CN(CCC(C)(C)O)C(=O)c1cc(CN2CCOCC2)on1. The average Bonchev–Trinajstić information content (AvgIpc) is 2.92. The molecule has 1 fully saturated rings. The van der Waals surface area contributed by atoms with Gasteiger partial charge in [-0.2, -0.15) is 0 Å². The van der Waals surface area contributed by atoms with Gasteiger partial charge in [0.15, 0.2) is 11.5 Å². The number of carbonyl (C=O) groups is 1. The minimum Gasteiger partial charge on any atom is -0.390 e. The van der Waals surface area contributed by atoms with E-state index in [1.54, 1.807) is 31.9 Å². The number of rotatable bonds is 6. The van der Waals surface area contributed by atoms with Gasteiger partial charge in [0.05, 0.1) is 25.4 Å². The van der Waals surface area contributed by atoms with Crippen molar-refractivity contribution in [3.05, 3.63) is 17.5 Å². The highest BCUT2D eigenvalue weighted by atomic mass is 16.5. The molecular formula is C15H25N3O4. The zero-order valence-electron chi connectivity index (χ0n) is 13.5. The average molecular weight is 311 g/mol. The molecule has 0 atom stereocenters. The molecule has 1 aromatic rings. The number of aliphatic hydroxyl groups is 1. The van der Waals surface area contributed by atoms with E-state index in [1.807, 2.05) is 0 Å². The lowest BCUT2D eigenvalue weighted by molar-refractivity contribution is 0.0305. The first-order chi connectivity index (χ1) is 10.3. The second-order valence-corrected chi connectivity index (χ2v) is 6.36. The van der Waals surface area contributed by atoms with Crippen LogP contribution in [-0.2, 0) is 11.3 Å². The zero-order valence-corrected chi connectivity index (χ0v) is 13.5. The Balaban J connectivity index is 1.88. The molecule has 1 aliphatic rings. The highest BCUT2D eigenvalue weighted by Crippen LogP contribution is 2.12.